The molecule has 33 heavy (non-hydrogen) atoms. The Morgan fingerprint density at radius 2 is 1.45 bits per heavy atom. The molecule has 0 fully saturated rings. The summed E-state index contributed by atoms with van der Waals surface area (Å²) < 4.78 is 23.5. The second-order valence-corrected chi connectivity index (χ2v) is 7.43. The lowest BCUT2D eigenvalue weighted by Gasteiger charge is -2.16. The minimum absolute atomic E-state index is 0.0218. The summed E-state index contributed by atoms with van der Waals surface area (Å²) in [6.07, 6.45) is 6.01. The quantitative estimate of drug-likeness (QED) is 0.261. The Morgan fingerprint density at radius 1 is 0.879 bits per heavy atom. The van der Waals surface area contributed by atoms with Gasteiger partial charge < -0.3 is 18.3 Å². The van der Waals surface area contributed by atoms with Crippen molar-refractivity contribution in [3.05, 3.63) is 82.2 Å². The van der Waals surface area contributed by atoms with Crippen LogP contribution in [0.1, 0.15) is 11.5 Å². The Hall–Kier alpha value is -4.96. The van der Waals surface area contributed by atoms with Gasteiger partial charge in [0.05, 0.1) is 25.3 Å². The van der Waals surface area contributed by atoms with Gasteiger partial charge in [-0.05, 0) is 42.5 Å². The number of rotatable bonds is 5. The molecular weight excluding hydrogens is 440 g/mol. The van der Waals surface area contributed by atoms with Crippen LogP contribution in [0.3, 0.4) is 0 Å². The summed E-state index contributed by atoms with van der Waals surface area (Å²) in [4.78, 5) is 7.66. The fourth-order valence-corrected chi connectivity index (χ4v) is 4.06. The predicted molar refractivity (Wildman–Crippen MR) is 120 cm³/mol. The van der Waals surface area contributed by atoms with Crippen LogP contribution in [0.2, 0.25) is 0 Å². The normalized spacial score (nSPS) is 13.2. The number of ether oxygens (including phenoxy) is 2. The molecule has 0 atom stereocenters. The standard InChI is InChI=1S/C24H12N4O4S/c1-27-15(13-25)4-3-5-17-6-8-19(31-17)23-21-22(30-11-10-29-21)24(33-23)20-9-7-18(32-20)12-16(14-26)28-2/h3-9,12H,10-11H2/b5-3+,15-4+,16-12-. The van der Waals surface area contributed by atoms with Crippen LogP contribution in [0.4, 0.5) is 0 Å². The van der Waals surface area contributed by atoms with Crippen molar-refractivity contribution in [2.75, 3.05) is 13.2 Å². The van der Waals surface area contributed by atoms with E-state index in [1.165, 1.54) is 23.5 Å². The van der Waals surface area contributed by atoms with E-state index in [4.69, 9.17) is 42.0 Å². The first kappa shape index (κ1) is 21.3. The van der Waals surface area contributed by atoms with Crippen LogP contribution in [0.5, 0.6) is 11.5 Å². The number of thiophene rings is 1. The van der Waals surface area contributed by atoms with E-state index >= 15 is 0 Å². The van der Waals surface area contributed by atoms with Crippen molar-refractivity contribution in [3.8, 4) is 44.9 Å². The van der Waals surface area contributed by atoms with Crippen LogP contribution in [-0.2, 0) is 0 Å². The third-order valence-electron chi connectivity index (χ3n) is 4.36. The van der Waals surface area contributed by atoms with E-state index in [2.05, 4.69) is 9.69 Å². The Morgan fingerprint density at radius 3 is 2.03 bits per heavy atom. The molecule has 9 heteroatoms. The molecule has 3 aromatic rings. The largest absolute Gasteiger partial charge is 0.484 e. The van der Waals surface area contributed by atoms with Crippen LogP contribution in [-0.4, -0.2) is 13.2 Å². The molecule has 0 spiro atoms. The summed E-state index contributed by atoms with van der Waals surface area (Å²) in [6, 6.07) is 10.6. The van der Waals surface area contributed by atoms with Crippen molar-refractivity contribution < 1.29 is 18.3 Å². The molecule has 158 valence electrons. The molecule has 4 rings (SSSR count). The first-order valence-electron chi connectivity index (χ1n) is 9.44. The molecule has 1 aliphatic rings. The number of nitriles is 2. The van der Waals surface area contributed by atoms with E-state index in [-0.39, 0.29) is 11.4 Å². The summed E-state index contributed by atoms with van der Waals surface area (Å²) >= 11 is 1.37. The van der Waals surface area contributed by atoms with Crippen LogP contribution in [0.15, 0.2) is 56.6 Å². The second kappa shape index (κ2) is 9.45. The number of allylic oxidation sites excluding steroid dienone is 4. The zero-order valence-corrected chi connectivity index (χ0v) is 17.7. The summed E-state index contributed by atoms with van der Waals surface area (Å²) in [5.41, 5.74) is -0.0971. The maximum atomic E-state index is 8.95. The van der Waals surface area contributed by atoms with Gasteiger partial charge in [-0.15, -0.1) is 11.3 Å². The number of fused-ring (bicyclic) bond motifs is 1. The molecule has 1 aliphatic heterocycles. The highest BCUT2D eigenvalue weighted by molar-refractivity contribution is 7.19. The minimum Gasteiger partial charge on any atom is -0.484 e. The molecule has 0 aliphatic carbocycles. The lowest BCUT2D eigenvalue weighted by Crippen LogP contribution is -2.14. The summed E-state index contributed by atoms with van der Waals surface area (Å²) in [5.74, 6) is 3.10. The average molecular weight is 452 g/mol. The Bertz CT molecular complexity index is 1440. The molecule has 0 aromatic carbocycles. The van der Waals surface area contributed by atoms with Crippen LogP contribution >= 0.6 is 11.3 Å². The molecule has 0 radical (unpaired) electrons. The van der Waals surface area contributed by atoms with Crippen LogP contribution < -0.4 is 9.47 Å². The predicted octanol–water partition coefficient (Wildman–Crippen LogP) is 6.16. The molecule has 0 saturated heterocycles. The molecule has 0 N–H and O–H groups in total. The third-order valence-corrected chi connectivity index (χ3v) is 5.55. The van der Waals surface area contributed by atoms with Gasteiger partial charge in [0.15, 0.2) is 11.5 Å². The number of furan rings is 2. The molecule has 4 heterocycles. The SMILES string of the molecule is [C-]#[N+]/C(C#N)=C\c1ccc(-c2sc(-c3ccc(/C=C/C=C(\C#N)[N+]#[C-])o3)c3c2OCCO3)o1. The topological polar surface area (TPSA) is 101 Å². The van der Waals surface area contributed by atoms with Gasteiger partial charge in [-0.3, -0.25) is 0 Å². The summed E-state index contributed by atoms with van der Waals surface area (Å²) in [7, 11) is 0. The van der Waals surface area contributed by atoms with E-state index in [1.54, 1.807) is 42.5 Å². The highest BCUT2D eigenvalue weighted by Crippen LogP contribution is 2.54. The highest BCUT2D eigenvalue weighted by Gasteiger charge is 2.29. The van der Waals surface area contributed by atoms with Gasteiger partial charge in [-0.2, -0.15) is 0 Å². The number of nitrogens with zero attached hydrogens (tertiary/aromatic N) is 4. The minimum atomic E-state index is -0.0753. The van der Waals surface area contributed by atoms with Crippen LogP contribution in [0, 0.1) is 35.8 Å². The number of hydrogen-bond acceptors (Lipinski definition) is 7. The van der Waals surface area contributed by atoms with E-state index in [0.29, 0.717) is 52.6 Å². The van der Waals surface area contributed by atoms with Crippen molar-refractivity contribution in [2.24, 2.45) is 0 Å². The molecule has 0 saturated carbocycles. The molecule has 0 bridgehead atoms. The lowest BCUT2D eigenvalue weighted by atomic mass is 10.2. The molecular formula is C24H12N4O4S. The summed E-state index contributed by atoms with van der Waals surface area (Å²) in [5, 5.41) is 17.8. The Labute approximate surface area is 192 Å². The van der Waals surface area contributed by atoms with Gasteiger partial charge in [0.1, 0.15) is 46.0 Å². The zero-order chi connectivity index (χ0) is 23.2. The van der Waals surface area contributed by atoms with E-state index < -0.39 is 0 Å². The second-order valence-electron chi connectivity index (χ2n) is 6.41. The summed E-state index contributed by atoms with van der Waals surface area (Å²) in [6.45, 7) is 14.7. The van der Waals surface area contributed by atoms with Gasteiger partial charge in [-0.1, -0.05) is 6.08 Å². The number of hydrogen-bond donors (Lipinski definition) is 0. The maximum Gasteiger partial charge on any atom is 0.265 e. The van der Waals surface area contributed by atoms with E-state index in [9.17, 15) is 0 Å². The van der Waals surface area contributed by atoms with Crippen LogP contribution in [0.25, 0.3) is 43.1 Å². The molecule has 0 amide bonds. The van der Waals surface area contributed by atoms with Crippen molar-refractivity contribution in [2.45, 2.75) is 0 Å². The van der Waals surface area contributed by atoms with Gasteiger partial charge in [-0.25, -0.2) is 20.2 Å². The van der Waals surface area contributed by atoms with Gasteiger partial charge in [0, 0.05) is 0 Å². The smallest absolute Gasteiger partial charge is 0.265 e. The van der Waals surface area contributed by atoms with Gasteiger partial charge in [0.2, 0.25) is 0 Å². The monoisotopic (exact) mass is 452 g/mol. The first-order chi connectivity index (χ1) is 16.2. The van der Waals surface area contributed by atoms with Crippen molar-refractivity contribution in [1.82, 2.24) is 0 Å². The fraction of sp³-hybridized carbons (Fsp3) is 0.0833. The Kier molecular flexibility index (Phi) is 6.10. The van der Waals surface area contributed by atoms with Crippen molar-refractivity contribution >= 4 is 23.5 Å². The van der Waals surface area contributed by atoms with E-state index in [1.807, 2.05) is 6.07 Å². The lowest BCUT2D eigenvalue weighted by molar-refractivity contribution is 0.174. The first-order valence-corrected chi connectivity index (χ1v) is 10.3. The molecule has 8 nitrogen and oxygen atoms in total. The van der Waals surface area contributed by atoms with E-state index in [0.717, 1.165) is 4.88 Å². The van der Waals surface area contributed by atoms with Crippen molar-refractivity contribution in [3.63, 3.8) is 0 Å². The average Bonchev–Trinajstić information content (AvgIpc) is 3.58. The molecule has 3 aromatic heterocycles. The molecule has 0 unspecified atom stereocenters. The maximum absolute atomic E-state index is 8.95. The Balaban J connectivity index is 1.69. The van der Waals surface area contributed by atoms with Gasteiger partial charge in [0.25, 0.3) is 11.4 Å². The fourth-order valence-electron chi connectivity index (χ4n) is 2.95. The zero-order valence-electron chi connectivity index (χ0n) is 16.9. The highest BCUT2D eigenvalue weighted by atomic mass is 32.1. The third kappa shape index (κ3) is 4.40. The van der Waals surface area contributed by atoms with Gasteiger partial charge >= 0.3 is 0 Å². The van der Waals surface area contributed by atoms with Crippen molar-refractivity contribution in [1.29, 1.82) is 10.5 Å².